The van der Waals surface area contributed by atoms with Crippen molar-refractivity contribution < 1.29 is 19.4 Å². The van der Waals surface area contributed by atoms with Crippen LogP contribution < -0.4 is 5.32 Å². The number of ether oxygens (including phenoxy) is 1. The van der Waals surface area contributed by atoms with Gasteiger partial charge in [-0.1, -0.05) is 6.92 Å². The van der Waals surface area contributed by atoms with Gasteiger partial charge in [0, 0.05) is 13.7 Å². The molecule has 0 aromatic rings. The maximum absolute atomic E-state index is 12.0. The highest BCUT2D eigenvalue weighted by Gasteiger charge is 2.33. The van der Waals surface area contributed by atoms with Crippen molar-refractivity contribution in [3.8, 4) is 0 Å². The lowest BCUT2D eigenvalue weighted by molar-refractivity contribution is -0.139. The average Bonchev–Trinajstić information content (AvgIpc) is 2.35. The lowest BCUT2D eigenvalue weighted by atomic mass is 9.95. The number of hydrogen-bond acceptors (Lipinski definition) is 3. The van der Waals surface area contributed by atoms with E-state index in [-0.39, 0.29) is 11.6 Å². The predicted molar refractivity (Wildman–Crippen MR) is 66.5 cm³/mol. The van der Waals surface area contributed by atoms with E-state index in [1.54, 1.807) is 18.9 Å². The lowest BCUT2D eigenvalue weighted by Crippen LogP contribution is -2.55. The largest absolute Gasteiger partial charge is 0.480 e. The number of carboxylic acids is 1. The van der Waals surface area contributed by atoms with E-state index < -0.39 is 12.0 Å². The Bertz CT molecular complexity index is 321. The first-order chi connectivity index (χ1) is 8.41. The Balaban J connectivity index is 2.59. The van der Waals surface area contributed by atoms with Crippen LogP contribution in [0.5, 0.6) is 0 Å². The number of aliphatic carboxylic acids is 1. The molecule has 1 saturated heterocycles. The smallest absolute Gasteiger partial charge is 0.326 e. The van der Waals surface area contributed by atoms with E-state index in [0.717, 1.165) is 12.8 Å². The molecule has 2 atom stereocenters. The van der Waals surface area contributed by atoms with Gasteiger partial charge in [-0.25, -0.2) is 9.59 Å². The third-order valence-electron chi connectivity index (χ3n) is 3.44. The zero-order chi connectivity index (χ0) is 13.8. The Kier molecular flexibility index (Phi) is 4.95. The van der Waals surface area contributed by atoms with Crippen LogP contribution in [0.15, 0.2) is 0 Å². The number of methoxy groups -OCH3 is 1. The Labute approximate surface area is 107 Å². The number of rotatable bonds is 4. The summed E-state index contributed by atoms with van der Waals surface area (Å²) in [6, 6.07) is -1.15. The molecule has 6 nitrogen and oxygen atoms in total. The highest BCUT2D eigenvalue weighted by molar-refractivity contribution is 5.82. The van der Waals surface area contributed by atoms with Gasteiger partial charge in [0.15, 0.2) is 0 Å². The number of carboxylic acid groups (broad SMARTS) is 1. The summed E-state index contributed by atoms with van der Waals surface area (Å²) < 4.78 is 5.40. The molecule has 2 N–H and O–H groups in total. The molecular weight excluding hydrogens is 236 g/mol. The van der Waals surface area contributed by atoms with E-state index in [4.69, 9.17) is 9.84 Å². The Morgan fingerprint density at radius 1 is 1.56 bits per heavy atom. The number of nitrogens with zero attached hydrogens (tertiary/aromatic N) is 1. The first-order valence-electron chi connectivity index (χ1n) is 6.25. The molecule has 1 fully saturated rings. The standard InChI is InChI=1S/C12H22N2O4/c1-4-9(10(15)16)13-11(17)14-7-5-6-12(2,8-14)18-3/h9H,4-8H2,1-3H3,(H,13,17)(H,15,16)/t9-,12?/m0/s1. The molecule has 1 unspecified atom stereocenters. The van der Waals surface area contributed by atoms with Gasteiger partial charge in [0.1, 0.15) is 6.04 Å². The average molecular weight is 258 g/mol. The molecule has 1 aliphatic heterocycles. The van der Waals surface area contributed by atoms with Gasteiger partial charge in [0.2, 0.25) is 0 Å². The highest BCUT2D eigenvalue weighted by Crippen LogP contribution is 2.23. The third-order valence-corrected chi connectivity index (χ3v) is 3.44. The summed E-state index contributed by atoms with van der Waals surface area (Å²) in [5, 5.41) is 11.4. The van der Waals surface area contributed by atoms with Crippen LogP contribution in [0.2, 0.25) is 0 Å². The van der Waals surface area contributed by atoms with Crippen LogP contribution in [0.25, 0.3) is 0 Å². The molecule has 0 bridgehead atoms. The molecule has 1 rings (SSSR count). The third kappa shape index (κ3) is 3.60. The topological polar surface area (TPSA) is 78.9 Å². The van der Waals surface area contributed by atoms with Crippen LogP contribution in [-0.4, -0.2) is 53.8 Å². The summed E-state index contributed by atoms with van der Waals surface area (Å²) in [4.78, 5) is 24.5. The summed E-state index contributed by atoms with van der Waals surface area (Å²) in [5.74, 6) is -1.00. The molecular formula is C12H22N2O4. The summed E-state index contributed by atoms with van der Waals surface area (Å²) >= 11 is 0. The number of likely N-dealkylation sites (tertiary alicyclic amines) is 1. The summed E-state index contributed by atoms with van der Waals surface area (Å²) in [5.41, 5.74) is -0.333. The van der Waals surface area contributed by atoms with E-state index >= 15 is 0 Å². The minimum absolute atomic E-state index is 0.327. The SMILES string of the molecule is CC[C@H](NC(=O)N1CCCC(C)(OC)C1)C(=O)O. The van der Waals surface area contributed by atoms with Gasteiger partial charge < -0.3 is 20.1 Å². The van der Waals surface area contributed by atoms with Crippen molar-refractivity contribution in [2.75, 3.05) is 20.2 Å². The fourth-order valence-corrected chi connectivity index (χ4v) is 2.12. The van der Waals surface area contributed by atoms with E-state index in [2.05, 4.69) is 5.32 Å². The number of carbonyl (C=O) groups excluding carboxylic acids is 1. The van der Waals surface area contributed by atoms with Crippen molar-refractivity contribution in [1.29, 1.82) is 0 Å². The lowest BCUT2D eigenvalue weighted by Gasteiger charge is -2.39. The zero-order valence-corrected chi connectivity index (χ0v) is 11.2. The first-order valence-corrected chi connectivity index (χ1v) is 6.25. The van der Waals surface area contributed by atoms with Crippen LogP contribution in [0.3, 0.4) is 0 Å². The van der Waals surface area contributed by atoms with Gasteiger partial charge in [-0.2, -0.15) is 0 Å². The maximum Gasteiger partial charge on any atom is 0.326 e. The van der Waals surface area contributed by atoms with Crippen molar-refractivity contribution in [1.82, 2.24) is 10.2 Å². The van der Waals surface area contributed by atoms with Crippen molar-refractivity contribution in [3.05, 3.63) is 0 Å². The van der Waals surface area contributed by atoms with Gasteiger partial charge in [0.25, 0.3) is 0 Å². The van der Waals surface area contributed by atoms with E-state index in [1.165, 1.54) is 0 Å². The fourth-order valence-electron chi connectivity index (χ4n) is 2.12. The normalized spacial score (nSPS) is 25.6. The fraction of sp³-hybridized carbons (Fsp3) is 0.833. The van der Waals surface area contributed by atoms with Gasteiger partial charge in [-0.15, -0.1) is 0 Å². The second-order valence-corrected chi connectivity index (χ2v) is 4.93. The minimum atomic E-state index is -1.00. The number of amides is 2. The van der Waals surface area contributed by atoms with Crippen LogP contribution >= 0.6 is 0 Å². The molecule has 0 radical (unpaired) electrons. The molecule has 2 amide bonds. The number of carbonyl (C=O) groups is 2. The van der Waals surface area contributed by atoms with Gasteiger partial charge in [-0.3, -0.25) is 0 Å². The number of piperidine rings is 1. The number of hydrogen-bond donors (Lipinski definition) is 2. The molecule has 18 heavy (non-hydrogen) atoms. The van der Waals surface area contributed by atoms with Gasteiger partial charge in [-0.05, 0) is 26.2 Å². The molecule has 0 saturated carbocycles. The van der Waals surface area contributed by atoms with Crippen LogP contribution in [0, 0.1) is 0 Å². The molecule has 0 aromatic carbocycles. The molecule has 104 valence electrons. The molecule has 0 spiro atoms. The molecule has 0 aliphatic carbocycles. The quantitative estimate of drug-likeness (QED) is 0.790. The molecule has 1 heterocycles. The second-order valence-electron chi connectivity index (χ2n) is 4.93. The van der Waals surface area contributed by atoms with Gasteiger partial charge in [0.05, 0.1) is 12.1 Å². The monoisotopic (exact) mass is 258 g/mol. The molecule has 1 aliphatic rings. The Morgan fingerprint density at radius 3 is 2.72 bits per heavy atom. The molecule has 6 heteroatoms. The van der Waals surface area contributed by atoms with E-state index in [9.17, 15) is 9.59 Å². The molecule has 0 aromatic heterocycles. The van der Waals surface area contributed by atoms with E-state index in [1.807, 2.05) is 6.92 Å². The Morgan fingerprint density at radius 2 is 2.22 bits per heavy atom. The van der Waals surface area contributed by atoms with Crippen LogP contribution in [0.1, 0.15) is 33.1 Å². The summed E-state index contributed by atoms with van der Waals surface area (Å²) in [7, 11) is 1.63. The number of urea groups is 1. The summed E-state index contributed by atoms with van der Waals surface area (Å²) in [6.45, 7) is 4.82. The van der Waals surface area contributed by atoms with Crippen molar-refractivity contribution in [3.63, 3.8) is 0 Å². The first kappa shape index (κ1) is 14.8. The van der Waals surface area contributed by atoms with Crippen molar-refractivity contribution >= 4 is 12.0 Å². The highest BCUT2D eigenvalue weighted by atomic mass is 16.5. The minimum Gasteiger partial charge on any atom is -0.480 e. The van der Waals surface area contributed by atoms with Gasteiger partial charge >= 0.3 is 12.0 Å². The predicted octanol–water partition coefficient (Wildman–Crippen LogP) is 1.06. The van der Waals surface area contributed by atoms with Crippen molar-refractivity contribution in [2.45, 2.75) is 44.8 Å². The summed E-state index contributed by atoms with van der Waals surface area (Å²) in [6.07, 6.45) is 2.14. The second kappa shape index (κ2) is 6.04. The Hall–Kier alpha value is -1.30. The maximum atomic E-state index is 12.0. The van der Waals surface area contributed by atoms with E-state index in [0.29, 0.717) is 19.5 Å². The number of nitrogens with one attached hydrogen (secondary N) is 1. The van der Waals surface area contributed by atoms with Crippen molar-refractivity contribution in [2.24, 2.45) is 0 Å². The van der Waals surface area contributed by atoms with Crippen LogP contribution in [0.4, 0.5) is 4.79 Å². The van der Waals surface area contributed by atoms with Crippen LogP contribution in [-0.2, 0) is 9.53 Å². The zero-order valence-electron chi connectivity index (χ0n) is 11.2.